The summed E-state index contributed by atoms with van der Waals surface area (Å²) in [6.07, 6.45) is 2.61. The van der Waals surface area contributed by atoms with E-state index in [0.29, 0.717) is 23.9 Å². The van der Waals surface area contributed by atoms with Crippen LogP contribution in [0.25, 0.3) is 5.65 Å². The Morgan fingerprint density at radius 2 is 1.87 bits per heavy atom. The van der Waals surface area contributed by atoms with Gasteiger partial charge in [-0.2, -0.15) is 4.98 Å². The molecule has 0 radical (unpaired) electrons. The van der Waals surface area contributed by atoms with Gasteiger partial charge in [-0.25, -0.2) is 0 Å². The van der Waals surface area contributed by atoms with E-state index < -0.39 is 0 Å². The normalized spacial score (nSPS) is 11.1. The number of hydrogen-bond acceptors (Lipinski definition) is 6. The highest BCUT2D eigenvalue weighted by Gasteiger charge is 2.10. The highest BCUT2D eigenvalue weighted by molar-refractivity contribution is 7.98. The van der Waals surface area contributed by atoms with Crippen molar-refractivity contribution in [2.75, 3.05) is 0 Å². The first-order chi connectivity index (χ1) is 11.4. The van der Waals surface area contributed by atoms with Crippen LogP contribution in [0.15, 0.2) is 64.4 Å². The lowest BCUT2D eigenvalue weighted by Crippen LogP contribution is -1.91. The monoisotopic (exact) mass is 323 g/mol. The minimum absolute atomic E-state index is 0.567. The lowest BCUT2D eigenvalue weighted by Gasteiger charge is -1.96. The fourth-order valence-electron chi connectivity index (χ4n) is 2.24. The summed E-state index contributed by atoms with van der Waals surface area (Å²) in [4.78, 5) is 4.43. The van der Waals surface area contributed by atoms with Crippen LogP contribution in [0.4, 0.5) is 0 Å². The third kappa shape index (κ3) is 3.09. The molecule has 114 valence electrons. The van der Waals surface area contributed by atoms with Gasteiger partial charge in [-0.3, -0.25) is 4.40 Å². The maximum Gasteiger partial charge on any atom is 0.237 e. The standard InChI is InChI=1S/C16H13N5OS/c1-2-6-12(7-3-1)10-13-17-15(22-20-13)11-23-16-19-18-14-8-4-5-9-21(14)16/h1-9H,10-11H2. The van der Waals surface area contributed by atoms with Crippen LogP contribution in [-0.4, -0.2) is 24.7 Å². The van der Waals surface area contributed by atoms with Crippen LogP contribution in [0.2, 0.25) is 0 Å². The molecule has 3 aromatic heterocycles. The Morgan fingerprint density at radius 3 is 2.78 bits per heavy atom. The SMILES string of the molecule is c1ccc(Cc2noc(CSc3nnc4ccccn34)n2)cc1. The van der Waals surface area contributed by atoms with Gasteiger partial charge < -0.3 is 4.52 Å². The number of fused-ring (bicyclic) bond motifs is 1. The Kier molecular flexibility index (Phi) is 3.77. The minimum atomic E-state index is 0.567. The maximum atomic E-state index is 5.31. The molecule has 6 nitrogen and oxygen atoms in total. The molecule has 7 heteroatoms. The fraction of sp³-hybridized carbons (Fsp3) is 0.125. The van der Waals surface area contributed by atoms with E-state index in [9.17, 15) is 0 Å². The van der Waals surface area contributed by atoms with Crippen LogP contribution in [0.3, 0.4) is 0 Å². The van der Waals surface area contributed by atoms with Crippen molar-refractivity contribution in [2.24, 2.45) is 0 Å². The average molecular weight is 323 g/mol. The minimum Gasteiger partial charge on any atom is -0.338 e. The molecule has 0 fully saturated rings. The second kappa shape index (κ2) is 6.21. The van der Waals surface area contributed by atoms with Gasteiger partial charge in [0.05, 0.1) is 5.75 Å². The van der Waals surface area contributed by atoms with Crippen LogP contribution in [0.1, 0.15) is 17.3 Å². The molecule has 0 saturated carbocycles. The van der Waals surface area contributed by atoms with Crippen LogP contribution in [0.5, 0.6) is 0 Å². The molecular formula is C16H13N5OS. The molecule has 0 saturated heterocycles. The molecule has 0 atom stereocenters. The fourth-order valence-corrected chi connectivity index (χ4v) is 3.01. The molecule has 4 rings (SSSR count). The Hall–Kier alpha value is -2.67. The molecule has 0 N–H and O–H groups in total. The van der Waals surface area contributed by atoms with Gasteiger partial charge in [0.15, 0.2) is 16.6 Å². The molecular weight excluding hydrogens is 310 g/mol. The first-order valence-corrected chi connectivity index (χ1v) is 8.15. The van der Waals surface area contributed by atoms with E-state index in [2.05, 4.69) is 20.3 Å². The predicted octanol–water partition coefficient (Wildman–Crippen LogP) is 3.00. The van der Waals surface area contributed by atoms with Gasteiger partial charge in [-0.1, -0.05) is 53.3 Å². The van der Waals surface area contributed by atoms with Crippen LogP contribution in [0, 0.1) is 0 Å². The molecule has 0 amide bonds. The summed E-state index contributed by atoms with van der Waals surface area (Å²) in [5.41, 5.74) is 1.99. The molecule has 3 heterocycles. The smallest absolute Gasteiger partial charge is 0.237 e. The number of rotatable bonds is 5. The molecule has 0 unspecified atom stereocenters. The Morgan fingerprint density at radius 1 is 1.00 bits per heavy atom. The number of thioether (sulfide) groups is 1. The number of nitrogens with zero attached hydrogens (tertiary/aromatic N) is 5. The highest BCUT2D eigenvalue weighted by atomic mass is 32.2. The molecule has 0 spiro atoms. The lowest BCUT2D eigenvalue weighted by atomic mass is 10.1. The summed E-state index contributed by atoms with van der Waals surface area (Å²) in [6, 6.07) is 15.9. The third-order valence-electron chi connectivity index (χ3n) is 3.32. The summed E-state index contributed by atoms with van der Waals surface area (Å²) < 4.78 is 7.24. The van der Waals surface area contributed by atoms with E-state index in [1.54, 1.807) is 0 Å². The van der Waals surface area contributed by atoms with Crippen LogP contribution >= 0.6 is 11.8 Å². The van der Waals surface area contributed by atoms with Crippen molar-refractivity contribution in [1.29, 1.82) is 0 Å². The largest absolute Gasteiger partial charge is 0.338 e. The zero-order chi connectivity index (χ0) is 15.5. The van der Waals surface area contributed by atoms with Crippen molar-refractivity contribution in [2.45, 2.75) is 17.3 Å². The summed E-state index contributed by atoms with van der Waals surface area (Å²) in [7, 11) is 0. The molecule has 1 aromatic carbocycles. The van der Waals surface area contributed by atoms with Gasteiger partial charge in [0.25, 0.3) is 0 Å². The van der Waals surface area contributed by atoms with Crippen molar-refractivity contribution in [3.63, 3.8) is 0 Å². The van der Waals surface area contributed by atoms with E-state index >= 15 is 0 Å². The van der Waals surface area contributed by atoms with Crippen molar-refractivity contribution < 1.29 is 4.52 Å². The third-order valence-corrected chi connectivity index (χ3v) is 4.25. The average Bonchev–Trinajstić information content (AvgIpc) is 3.21. The zero-order valence-electron chi connectivity index (χ0n) is 12.2. The quantitative estimate of drug-likeness (QED) is 0.526. The Bertz CT molecular complexity index is 918. The summed E-state index contributed by atoms with van der Waals surface area (Å²) in [5.74, 6) is 1.85. The summed E-state index contributed by atoms with van der Waals surface area (Å²) in [5, 5.41) is 13.1. The Labute approximate surface area is 136 Å². The van der Waals surface area contributed by atoms with Crippen molar-refractivity contribution >= 4 is 17.4 Å². The predicted molar refractivity (Wildman–Crippen MR) is 86.1 cm³/mol. The number of pyridine rings is 1. The number of hydrogen-bond donors (Lipinski definition) is 0. The van der Waals surface area contributed by atoms with E-state index in [1.165, 1.54) is 11.8 Å². The molecule has 0 aliphatic carbocycles. The zero-order valence-corrected chi connectivity index (χ0v) is 13.0. The summed E-state index contributed by atoms with van der Waals surface area (Å²) >= 11 is 1.52. The maximum absolute atomic E-state index is 5.31. The van der Waals surface area contributed by atoms with E-state index in [-0.39, 0.29) is 0 Å². The van der Waals surface area contributed by atoms with Gasteiger partial charge in [0, 0.05) is 12.6 Å². The van der Waals surface area contributed by atoms with Gasteiger partial charge in [0.1, 0.15) is 0 Å². The lowest BCUT2D eigenvalue weighted by molar-refractivity contribution is 0.385. The van der Waals surface area contributed by atoms with Gasteiger partial charge >= 0.3 is 0 Å². The van der Waals surface area contributed by atoms with Crippen LogP contribution < -0.4 is 0 Å². The number of aromatic nitrogens is 5. The van der Waals surface area contributed by atoms with Crippen molar-refractivity contribution in [3.05, 3.63) is 72.0 Å². The highest BCUT2D eigenvalue weighted by Crippen LogP contribution is 2.21. The van der Waals surface area contributed by atoms with Gasteiger partial charge in [-0.05, 0) is 17.7 Å². The summed E-state index contributed by atoms with van der Waals surface area (Å²) in [6.45, 7) is 0. The van der Waals surface area contributed by atoms with E-state index in [4.69, 9.17) is 4.52 Å². The second-order valence-electron chi connectivity index (χ2n) is 4.97. The van der Waals surface area contributed by atoms with Crippen LogP contribution in [-0.2, 0) is 12.2 Å². The topological polar surface area (TPSA) is 69.1 Å². The van der Waals surface area contributed by atoms with E-state index in [0.717, 1.165) is 16.4 Å². The van der Waals surface area contributed by atoms with E-state index in [1.807, 2.05) is 59.1 Å². The molecule has 0 aliphatic heterocycles. The molecule has 0 aliphatic rings. The number of benzene rings is 1. The Balaban J connectivity index is 1.44. The first-order valence-electron chi connectivity index (χ1n) is 7.16. The molecule has 23 heavy (non-hydrogen) atoms. The molecule has 0 bridgehead atoms. The first kappa shape index (κ1) is 14.0. The van der Waals surface area contributed by atoms with Gasteiger partial charge in [0.2, 0.25) is 5.89 Å². The molecule has 4 aromatic rings. The van der Waals surface area contributed by atoms with Crippen molar-refractivity contribution in [1.82, 2.24) is 24.7 Å². The van der Waals surface area contributed by atoms with Crippen molar-refractivity contribution in [3.8, 4) is 0 Å². The van der Waals surface area contributed by atoms with Gasteiger partial charge in [-0.15, -0.1) is 10.2 Å². The second-order valence-corrected chi connectivity index (χ2v) is 5.91.